The van der Waals surface area contributed by atoms with Crippen LogP contribution in [-0.4, -0.2) is 14.7 Å². The number of nitriles is 1. The minimum absolute atomic E-state index is 0.363. The molecule has 4 unspecified atom stereocenters. The van der Waals surface area contributed by atoms with Crippen LogP contribution in [0.15, 0.2) is 12.5 Å². The third-order valence-electron chi connectivity index (χ3n) is 5.08. The minimum atomic E-state index is -0.693. The second-order valence-corrected chi connectivity index (χ2v) is 6.15. The van der Waals surface area contributed by atoms with Gasteiger partial charge in [0.2, 0.25) is 0 Å². The highest BCUT2D eigenvalue weighted by molar-refractivity contribution is 5.21. The van der Waals surface area contributed by atoms with Gasteiger partial charge in [-0.15, -0.1) is 0 Å². The first-order valence-corrected chi connectivity index (χ1v) is 7.30. The summed E-state index contributed by atoms with van der Waals surface area (Å²) in [5, 5.41) is 20.5. The van der Waals surface area contributed by atoms with Crippen LogP contribution < -0.4 is 0 Å². The summed E-state index contributed by atoms with van der Waals surface area (Å²) in [7, 11) is 0. The second kappa shape index (κ2) is 4.64. The van der Waals surface area contributed by atoms with Gasteiger partial charge in [0, 0.05) is 6.54 Å². The summed E-state index contributed by atoms with van der Waals surface area (Å²) < 4.78 is 2.00. The summed E-state index contributed by atoms with van der Waals surface area (Å²) in [6.07, 6.45) is 8.10. The van der Waals surface area contributed by atoms with E-state index in [1.54, 1.807) is 12.5 Å². The molecule has 4 atom stereocenters. The fourth-order valence-corrected chi connectivity index (χ4v) is 4.16. The number of hydrogen-bond donors (Lipinski definition) is 1. The molecule has 4 heteroatoms. The minimum Gasteiger partial charge on any atom is -0.385 e. The van der Waals surface area contributed by atoms with Gasteiger partial charge in [-0.1, -0.05) is 13.3 Å². The van der Waals surface area contributed by atoms with Gasteiger partial charge < -0.3 is 9.67 Å². The zero-order valence-electron chi connectivity index (χ0n) is 11.4. The fraction of sp³-hybridized carbons (Fsp3) is 0.733. The van der Waals surface area contributed by atoms with Crippen LogP contribution in [0.25, 0.3) is 0 Å². The predicted octanol–water partition coefficient (Wildman–Crippen LogP) is 2.66. The molecule has 0 saturated heterocycles. The summed E-state index contributed by atoms with van der Waals surface area (Å²) in [6.45, 7) is 2.95. The van der Waals surface area contributed by atoms with E-state index in [9.17, 15) is 10.4 Å². The van der Waals surface area contributed by atoms with Gasteiger partial charge in [0.1, 0.15) is 6.10 Å². The molecule has 1 aromatic heterocycles. The number of hydrogen-bond acceptors (Lipinski definition) is 3. The van der Waals surface area contributed by atoms with Crippen molar-refractivity contribution in [3.8, 4) is 6.07 Å². The number of fused-ring (bicyclic) bond motifs is 2. The number of aryl methyl sites for hydroxylation is 1. The van der Waals surface area contributed by atoms with Gasteiger partial charge in [-0.3, -0.25) is 0 Å². The largest absolute Gasteiger partial charge is 0.385 e. The van der Waals surface area contributed by atoms with Gasteiger partial charge in [-0.25, -0.2) is 4.98 Å². The van der Waals surface area contributed by atoms with Crippen LogP contribution >= 0.6 is 0 Å². The lowest BCUT2D eigenvalue weighted by molar-refractivity contribution is 0.0177. The predicted molar refractivity (Wildman–Crippen MR) is 71.0 cm³/mol. The van der Waals surface area contributed by atoms with E-state index < -0.39 is 11.5 Å². The Balaban J connectivity index is 1.92. The van der Waals surface area contributed by atoms with Crippen molar-refractivity contribution in [1.29, 1.82) is 5.26 Å². The van der Waals surface area contributed by atoms with Crippen LogP contribution in [-0.2, 0) is 6.54 Å². The normalized spacial score (nSPS) is 34.4. The van der Waals surface area contributed by atoms with Crippen LogP contribution in [0, 0.1) is 28.6 Å². The van der Waals surface area contributed by atoms with Gasteiger partial charge in [-0.2, -0.15) is 5.26 Å². The van der Waals surface area contributed by atoms with Gasteiger partial charge in [-0.05, 0) is 37.5 Å². The second-order valence-electron chi connectivity index (χ2n) is 6.15. The third-order valence-corrected chi connectivity index (χ3v) is 5.08. The van der Waals surface area contributed by atoms with E-state index in [1.165, 1.54) is 6.42 Å². The Morgan fingerprint density at radius 1 is 1.63 bits per heavy atom. The Kier molecular flexibility index (Phi) is 3.10. The monoisotopic (exact) mass is 259 g/mol. The zero-order chi connectivity index (χ0) is 13.5. The molecule has 0 amide bonds. The van der Waals surface area contributed by atoms with Crippen LogP contribution in [0.1, 0.15) is 50.8 Å². The van der Waals surface area contributed by atoms with Crippen LogP contribution in [0.5, 0.6) is 0 Å². The first-order chi connectivity index (χ1) is 9.21. The van der Waals surface area contributed by atoms with Crippen molar-refractivity contribution in [3.63, 3.8) is 0 Å². The van der Waals surface area contributed by atoms with Crippen LogP contribution in [0.2, 0.25) is 0 Å². The highest BCUT2D eigenvalue weighted by atomic mass is 16.3. The van der Waals surface area contributed by atoms with Crippen molar-refractivity contribution in [2.45, 2.75) is 51.7 Å². The average molecular weight is 259 g/mol. The molecule has 2 aliphatic carbocycles. The smallest absolute Gasteiger partial charge is 0.114 e. The lowest BCUT2D eigenvalue weighted by atomic mass is 9.69. The number of rotatable bonds is 4. The van der Waals surface area contributed by atoms with Gasteiger partial charge in [0.05, 0.1) is 29.7 Å². The number of imidazole rings is 1. The van der Waals surface area contributed by atoms with Crippen molar-refractivity contribution < 1.29 is 5.11 Å². The number of aliphatic hydroxyl groups excluding tert-OH is 1. The Bertz CT molecular complexity index is 504. The SMILES string of the molecule is CCCn1cncc1C(O)C1(C#N)CC2CCC1C2. The molecule has 4 nitrogen and oxygen atoms in total. The van der Waals surface area contributed by atoms with Crippen molar-refractivity contribution in [3.05, 3.63) is 18.2 Å². The van der Waals surface area contributed by atoms with Crippen molar-refractivity contribution in [1.82, 2.24) is 9.55 Å². The molecule has 1 heterocycles. The Hall–Kier alpha value is -1.34. The first kappa shape index (κ1) is 12.7. The summed E-state index contributed by atoms with van der Waals surface area (Å²) in [5.41, 5.74) is 0.241. The van der Waals surface area contributed by atoms with E-state index in [1.807, 2.05) is 4.57 Å². The Morgan fingerprint density at radius 2 is 2.47 bits per heavy atom. The number of aliphatic hydroxyl groups is 1. The lowest BCUT2D eigenvalue weighted by Crippen LogP contribution is -2.34. The molecular formula is C15H21N3O. The molecule has 0 aliphatic heterocycles. The highest BCUT2D eigenvalue weighted by Crippen LogP contribution is 2.60. The maximum absolute atomic E-state index is 10.8. The first-order valence-electron chi connectivity index (χ1n) is 7.30. The van der Waals surface area contributed by atoms with E-state index in [0.717, 1.165) is 37.9 Å². The van der Waals surface area contributed by atoms with E-state index in [2.05, 4.69) is 18.0 Å². The molecule has 102 valence electrons. The average Bonchev–Trinajstić information content (AvgIpc) is 3.13. The molecule has 2 aliphatic rings. The molecule has 0 aromatic carbocycles. The Labute approximate surface area is 114 Å². The molecule has 0 radical (unpaired) electrons. The maximum Gasteiger partial charge on any atom is 0.114 e. The number of aromatic nitrogens is 2. The van der Waals surface area contributed by atoms with Crippen molar-refractivity contribution in [2.24, 2.45) is 17.3 Å². The van der Waals surface area contributed by atoms with Crippen LogP contribution in [0.4, 0.5) is 0 Å². The van der Waals surface area contributed by atoms with Crippen LogP contribution in [0.3, 0.4) is 0 Å². The summed E-state index contributed by atoms with van der Waals surface area (Å²) in [4.78, 5) is 4.15. The van der Waals surface area contributed by atoms with Crippen molar-refractivity contribution in [2.75, 3.05) is 0 Å². The molecule has 3 rings (SSSR count). The summed E-state index contributed by atoms with van der Waals surface area (Å²) in [5.74, 6) is 1.00. The molecule has 19 heavy (non-hydrogen) atoms. The Morgan fingerprint density at radius 3 is 3.05 bits per heavy atom. The fourth-order valence-electron chi connectivity index (χ4n) is 4.16. The highest BCUT2D eigenvalue weighted by Gasteiger charge is 2.56. The van der Waals surface area contributed by atoms with Gasteiger partial charge >= 0.3 is 0 Å². The number of nitrogens with zero attached hydrogens (tertiary/aromatic N) is 3. The molecular weight excluding hydrogens is 238 g/mol. The molecule has 2 saturated carbocycles. The maximum atomic E-state index is 10.8. The molecule has 1 N–H and O–H groups in total. The van der Waals surface area contributed by atoms with Gasteiger partial charge in [0.25, 0.3) is 0 Å². The molecule has 2 bridgehead atoms. The quantitative estimate of drug-likeness (QED) is 0.904. The van der Waals surface area contributed by atoms with E-state index in [-0.39, 0.29) is 0 Å². The zero-order valence-corrected chi connectivity index (χ0v) is 11.4. The van der Waals surface area contributed by atoms with Gasteiger partial charge in [0.15, 0.2) is 0 Å². The van der Waals surface area contributed by atoms with E-state index >= 15 is 0 Å². The standard InChI is InChI=1S/C15H21N3O/c1-2-5-18-10-17-8-13(18)14(19)15(9-16)7-11-3-4-12(15)6-11/h8,10-12,14,19H,2-7H2,1H3. The summed E-state index contributed by atoms with van der Waals surface area (Å²) >= 11 is 0. The molecule has 2 fully saturated rings. The molecule has 0 spiro atoms. The van der Waals surface area contributed by atoms with E-state index in [0.29, 0.717) is 11.8 Å². The third kappa shape index (κ3) is 1.80. The topological polar surface area (TPSA) is 61.8 Å². The lowest BCUT2D eigenvalue weighted by Gasteiger charge is -2.35. The molecule has 1 aromatic rings. The summed E-state index contributed by atoms with van der Waals surface area (Å²) in [6, 6.07) is 2.48. The van der Waals surface area contributed by atoms with Crippen molar-refractivity contribution >= 4 is 0 Å². The van der Waals surface area contributed by atoms with E-state index in [4.69, 9.17) is 0 Å².